The molecular formula is C16H22F3N3O2. The van der Waals surface area contributed by atoms with Crippen molar-refractivity contribution in [2.75, 3.05) is 26.7 Å². The van der Waals surface area contributed by atoms with Gasteiger partial charge in [-0.15, -0.1) is 0 Å². The van der Waals surface area contributed by atoms with E-state index in [9.17, 15) is 18.0 Å². The summed E-state index contributed by atoms with van der Waals surface area (Å²) in [6.45, 7) is 2.68. The first-order valence-corrected chi connectivity index (χ1v) is 8.31. The largest absolute Gasteiger partial charge is 0.465 e. The van der Waals surface area contributed by atoms with Crippen LogP contribution >= 0.6 is 0 Å². The van der Waals surface area contributed by atoms with Crippen LogP contribution in [0.4, 0.5) is 13.2 Å². The average Bonchev–Trinajstić information content (AvgIpc) is 3.10. The summed E-state index contributed by atoms with van der Waals surface area (Å²) in [5.74, 6) is 0.709. The van der Waals surface area contributed by atoms with Gasteiger partial charge in [0.1, 0.15) is 5.82 Å². The first-order valence-electron chi connectivity index (χ1n) is 8.31. The molecule has 0 aliphatic carbocycles. The fourth-order valence-corrected chi connectivity index (χ4v) is 3.51. The van der Waals surface area contributed by atoms with Crippen molar-refractivity contribution in [1.29, 1.82) is 0 Å². The zero-order valence-electron chi connectivity index (χ0n) is 13.7. The maximum Gasteiger partial charge on any atom is 0.434 e. The van der Waals surface area contributed by atoms with Crippen molar-refractivity contribution >= 4 is 5.97 Å². The molecule has 5 nitrogen and oxygen atoms in total. The van der Waals surface area contributed by atoms with Gasteiger partial charge in [0.2, 0.25) is 0 Å². The minimum atomic E-state index is -4.38. The third-order valence-electron chi connectivity index (χ3n) is 4.85. The highest BCUT2D eigenvalue weighted by Crippen LogP contribution is 2.30. The summed E-state index contributed by atoms with van der Waals surface area (Å²) in [5.41, 5.74) is -0.800. The molecule has 2 atom stereocenters. The van der Waals surface area contributed by atoms with Crippen LogP contribution in [0.1, 0.15) is 30.8 Å². The fourth-order valence-electron chi connectivity index (χ4n) is 3.51. The fraction of sp³-hybridized carbons (Fsp3) is 0.750. The minimum absolute atomic E-state index is 0.00611. The number of carbonyl (C=O) groups is 1. The summed E-state index contributed by atoms with van der Waals surface area (Å²) in [4.78, 5) is 17.3. The molecule has 1 saturated heterocycles. The number of nitrogens with zero attached hydrogens (tertiary/aromatic N) is 3. The van der Waals surface area contributed by atoms with Crippen LogP contribution in [0.25, 0.3) is 0 Å². The number of fused-ring (bicyclic) bond motifs is 1. The van der Waals surface area contributed by atoms with Crippen molar-refractivity contribution in [3.8, 4) is 0 Å². The van der Waals surface area contributed by atoms with Gasteiger partial charge in [0, 0.05) is 25.7 Å². The molecule has 0 aromatic carbocycles. The summed E-state index contributed by atoms with van der Waals surface area (Å²) < 4.78 is 44.8. The molecule has 1 aromatic heterocycles. The van der Waals surface area contributed by atoms with Crippen LogP contribution in [0.5, 0.6) is 0 Å². The van der Waals surface area contributed by atoms with E-state index in [1.165, 1.54) is 0 Å². The van der Waals surface area contributed by atoms with Gasteiger partial charge in [-0.3, -0.25) is 4.79 Å². The van der Waals surface area contributed by atoms with E-state index in [1.807, 2.05) is 7.05 Å². The second-order valence-electron chi connectivity index (χ2n) is 6.80. The van der Waals surface area contributed by atoms with Gasteiger partial charge >= 0.3 is 12.1 Å². The van der Waals surface area contributed by atoms with Gasteiger partial charge in [-0.25, -0.2) is 4.98 Å². The number of hydrogen-bond acceptors (Lipinski definition) is 4. The van der Waals surface area contributed by atoms with E-state index in [4.69, 9.17) is 4.74 Å². The number of esters is 1. The molecule has 0 bridgehead atoms. The van der Waals surface area contributed by atoms with Gasteiger partial charge < -0.3 is 14.2 Å². The van der Waals surface area contributed by atoms with Crippen LogP contribution in [0.15, 0.2) is 6.20 Å². The van der Waals surface area contributed by atoms with Crippen LogP contribution in [-0.2, 0) is 28.7 Å². The van der Waals surface area contributed by atoms with Gasteiger partial charge in [0.25, 0.3) is 0 Å². The van der Waals surface area contributed by atoms with Crippen molar-refractivity contribution < 1.29 is 22.7 Å². The Hall–Kier alpha value is -1.57. The number of rotatable bonds is 5. The first kappa shape index (κ1) is 17.3. The Bertz CT molecular complexity index is 600. The molecule has 0 spiro atoms. The van der Waals surface area contributed by atoms with Crippen LogP contribution < -0.4 is 0 Å². The van der Waals surface area contributed by atoms with E-state index in [-0.39, 0.29) is 11.9 Å². The van der Waals surface area contributed by atoms with E-state index in [0.29, 0.717) is 31.3 Å². The zero-order valence-corrected chi connectivity index (χ0v) is 13.7. The summed E-state index contributed by atoms with van der Waals surface area (Å²) in [6.07, 6.45) is -0.290. The number of halogens is 3. The second kappa shape index (κ2) is 6.74. The summed E-state index contributed by atoms with van der Waals surface area (Å²) >= 11 is 0. The quantitative estimate of drug-likeness (QED) is 0.769. The smallest absolute Gasteiger partial charge is 0.434 e. The summed E-state index contributed by atoms with van der Waals surface area (Å²) in [6, 6.07) is 0. The number of cyclic esters (lactones) is 1. The van der Waals surface area contributed by atoms with Gasteiger partial charge in [0.15, 0.2) is 5.69 Å². The third-order valence-corrected chi connectivity index (χ3v) is 4.85. The second-order valence-corrected chi connectivity index (χ2v) is 6.80. The van der Waals surface area contributed by atoms with Crippen LogP contribution in [0, 0.1) is 11.8 Å². The molecule has 3 rings (SSSR count). The average molecular weight is 345 g/mol. The summed E-state index contributed by atoms with van der Waals surface area (Å²) in [7, 11) is 1.99. The maximum atomic E-state index is 12.7. The van der Waals surface area contributed by atoms with Crippen molar-refractivity contribution in [3.63, 3.8) is 0 Å². The van der Waals surface area contributed by atoms with E-state index in [2.05, 4.69) is 9.88 Å². The molecule has 0 unspecified atom stereocenters. The van der Waals surface area contributed by atoms with E-state index in [0.717, 1.165) is 38.5 Å². The molecule has 1 fully saturated rings. The molecule has 0 amide bonds. The lowest BCUT2D eigenvalue weighted by atomic mass is 9.98. The SMILES string of the molecule is CN(CC[C@@H]1CCOC1=O)C[C@H]1CCc2nc(C(F)(F)F)cn2C1. The van der Waals surface area contributed by atoms with Crippen molar-refractivity contribution in [1.82, 2.24) is 14.5 Å². The molecule has 1 aromatic rings. The predicted octanol–water partition coefficient (Wildman–Crippen LogP) is 2.35. The van der Waals surface area contributed by atoms with E-state index < -0.39 is 11.9 Å². The Morgan fingerprint density at radius 1 is 1.42 bits per heavy atom. The molecule has 0 saturated carbocycles. The molecule has 3 heterocycles. The minimum Gasteiger partial charge on any atom is -0.465 e. The lowest BCUT2D eigenvalue weighted by Crippen LogP contribution is -2.33. The Labute approximate surface area is 138 Å². The highest BCUT2D eigenvalue weighted by atomic mass is 19.4. The Morgan fingerprint density at radius 2 is 2.21 bits per heavy atom. The highest BCUT2D eigenvalue weighted by molar-refractivity contribution is 5.74. The standard InChI is InChI=1S/C16H22F3N3O2/c1-21(6-4-12-5-7-24-15(12)23)8-11-2-3-14-20-13(16(17,18)19)10-22(14)9-11/h10-12H,2-9H2,1H3/t11-,12-/m1/s1. The van der Waals surface area contributed by atoms with Gasteiger partial charge in [0.05, 0.1) is 12.5 Å². The number of aromatic nitrogens is 2. The zero-order chi connectivity index (χ0) is 17.3. The highest BCUT2D eigenvalue weighted by Gasteiger charge is 2.36. The number of hydrogen-bond donors (Lipinski definition) is 0. The molecule has 8 heteroatoms. The van der Waals surface area contributed by atoms with E-state index >= 15 is 0 Å². The number of carbonyl (C=O) groups excluding carboxylic acids is 1. The predicted molar refractivity (Wildman–Crippen MR) is 80.2 cm³/mol. The molecule has 0 radical (unpaired) electrons. The lowest BCUT2D eigenvalue weighted by Gasteiger charge is -2.28. The van der Waals surface area contributed by atoms with Gasteiger partial charge in [-0.05, 0) is 38.8 Å². The topological polar surface area (TPSA) is 47.4 Å². The van der Waals surface area contributed by atoms with Gasteiger partial charge in [-0.1, -0.05) is 0 Å². The number of ether oxygens (including phenoxy) is 1. The third kappa shape index (κ3) is 3.91. The molecule has 0 N–H and O–H groups in total. The molecule has 24 heavy (non-hydrogen) atoms. The number of aryl methyl sites for hydroxylation is 1. The van der Waals surface area contributed by atoms with Gasteiger partial charge in [-0.2, -0.15) is 13.2 Å². The van der Waals surface area contributed by atoms with Crippen LogP contribution in [-0.4, -0.2) is 47.2 Å². The number of imidazole rings is 1. The Kier molecular flexibility index (Phi) is 4.85. The molecule has 134 valence electrons. The summed E-state index contributed by atoms with van der Waals surface area (Å²) in [5, 5.41) is 0. The van der Waals surface area contributed by atoms with E-state index in [1.54, 1.807) is 4.57 Å². The van der Waals surface area contributed by atoms with Crippen LogP contribution in [0.3, 0.4) is 0 Å². The first-order chi connectivity index (χ1) is 11.3. The number of alkyl halides is 3. The molecule has 2 aliphatic rings. The Morgan fingerprint density at radius 3 is 2.88 bits per heavy atom. The van der Waals surface area contributed by atoms with Crippen molar-refractivity contribution in [2.45, 2.75) is 38.4 Å². The lowest BCUT2D eigenvalue weighted by molar-refractivity contribution is -0.142. The monoisotopic (exact) mass is 345 g/mol. The van der Waals surface area contributed by atoms with Crippen LogP contribution in [0.2, 0.25) is 0 Å². The Balaban J connectivity index is 1.50. The maximum absolute atomic E-state index is 12.7. The normalized spacial score (nSPS) is 24.3. The molecule has 2 aliphatic heterocycles. The van der Waals surface area contributed by atoms with Crippen molar-refractivity contribution in [2.24, 2.45) is 11.8 Å². The van der Waals surface area contributed by atoms with Crippen molar-refractivity contribution in [3.05, 3.63) is 17.7 Å². The molecular weight excluding hydrogens is 323 g/mol.